The Morgan fingerprint density at radius 3 is 2.67 bits per heavy atom. The number of hydrogen-bond donors (Lipinski definition) is 1. The van der Waals surface area contributed by atoms with Crippen LogP contribution in [0.15, 0.2) is 18.2 Å². The van der Waals surface area contributed by atoms with Gasteiger partial charge in [-0.3, -0.25) is 0 Å². The van der Waals surface area contributed by atoms with Gasteiger partial charge in [-0.2, -0.15) is 0 Å². The van der Waals surface area contributed by atoms with Crippen LogP contribution in [-0.2, 0) is 10.2 Å². The number of nitrogens with zero attached hydrogens (tertiary/aromatic N) is 1. The average molecular weight is 372 g/mol. The molecule has 6 heteroatoms. The lowest BCUT2D eigenvalue weighted by Crippen LogP contribution is -2.39. The number of halogens is 2. The van der Waals surface area contributed by atoms with Crippen molar-refractivity contribution >= 4 is 29.3 Å². The number of piperidine rings is 1. The first-order valence-corrected chi connectivity index (χ1v) is 8.99. The molecule has 3 atom stereocenters. The minimum Gasteiger partial charge on any atom is -0.444 e. The van der Waals surface area contributed by atoms with Crippen molar-refractivity contribution in [3.63, 3.8) is 0 Å². The van der Waals surface area contributed by atoms with Gasteiger partial charge in [0, 0.05) is 25.1 Å². The molecular weight excluding hydrogens is 349 g/mol. The van der Waals surface area contributed by atoms with Gasteiger partial charge in [-0.25, -0.2) is 4.79 Å². The Hall–Kier alpha value is -0.970. The highest BCUT2D eigenvalue weighted by Gasteiger charge is 2.69. The fourth-order valence-electron chi connectivity index (χ4n) is 4.12. The molecule has 132 valence electrons. The molecule has 0 radical (unpaired) electrons. The summed E-state index contributed by atoms with van der Waals surface area (Å²) < 4.78 is 5.50. The molecule has 24 heavy (non-hydrogen) atoms. The first kappa shape index (κ1) is 17.8. The third kappa shape index (κ3) is 3.00. The van der Waals surface area contributed by atoms with E-state index in [0.29, 0.717) is 35.0 Å². The molecule has 4 nitrogen and oxygen atoms in total. The van der Waals surface area contributed by atoms with Gasteiger partial charge in [0.2, 0.25) is 0 Å². The third-order valence-electron chi connectivity index (χ3n) is 5.12. The van der Waals surface area contributed by atoms with Gasteiger partial charge >= 0.3 is 6.09 Å². The number of amides is 1. The molecule has 1 heterocycles. The number of rotatable bonds is 3. The second kappa shape index (κ2) is 6.08. The normalized spacial score (nSPS) is 28.7. The SMILES string of the molecule is CC(C)(C)OC(=O)N1C[C@@H]2[C@@H](CCO)[C@@]2(c2ccc(Cl)c(Cl)c2)C1. The van der Waals surface area contributed by atoms with Gasteiger partial charge in [0.05, 0.1) is 10.0 Å². The highest BCUT2D eigenvalue weighted by atomic mass is 35.5. The predicted molar refractivity (Wildman–Crippen MR) is 94.6 cm³/mol. The highest BCUT2D eigenvalue weighted by Crippen LogP contribution is 2.65. The number of hydrogen-bond acceptors (Lipinski definition) is 3. The van der Waals surface area contributed by atoms with E-state index in [0.717, 1.165) is 12.0 Å². The maximum Gasteiger partial charge on any atom is 0.410 e. The summed E-state index contributed by atoms with van der Waals surface area (Å²) in [5, 5.41) is 10.4. The van der Waals surface area contributed by atoms with E-state index in [4.69, 9.17) is 27.9 Å². The molecule has 2 aliphatic rings. The van der Waals surface area contributed by atoms with Gasteiger partial charge in [-0.15, -0.1) is 0 Å². The Balaban J connectivity index is 1.84. The van der Waals surface area contributed by atoms with Crippen molar-refractivity contribution in [2.75, 3.05) is 19.7 Å². The molecule has 0 spiro atoms. The van der Waals surface area contributed by atoms with Crippen molar-refractivity contribution in [2.45, 2.75) is 38.2 Å². The maximum atomic E-state index is 12.4. The number of aliphatic hydroxyl groups is 1. The van der Waals surface area contributed by atoms with Crippen LogP contribution in [0.3, 0.4) is 0 Å². The number of carbonyl (C=O) groups is 1. The number of likely N-dealkylation sites (tertiary alicyclic amines) is 1. The summed E-state index contributed by atoms with van der Waals surface area (Å²) in [7, 11) is 0. The van der Waals surface area contributed by atoms with Crippen LogP contribution in [-0.4, -0.2) is 41.4 Å². The maximum absolute atomic E-state index is 12.4. The van der Waals surface area contributed by atoms with E-state index in [2.05, 4.69) is 0 Å². The topological polar surface area (TPSA) is 49.8 Å². The molecule has 1 aromatic carbocycles. The average Bonchev–Trinajstić information content (AvgIpc) is 2.89. The van der Waals surface area contributed by atoms with Crippen molar-refractivity contribution in [3.8, 4) is 0 Å². The number of carbonyl (C=O) groups excluding carboxylic acids is 1. The summed E-state index contributed by atoms with van der Waals surface area (Å²) in [5.74, 6) is 0.688. The summed E-state index contributed by atoms with van der Waals surface area (Å²) in [6.45, 7) is 6.99. The lowest BCUT2D eigenvalue weighted by molar-refractivity contribution is 0.0259. The largest absolute Gasteiger partial charge is 0.444 e. The number of fused-ring (bicyclic) bond motifs is 1. The molecule has 3 rings (SSSR count). The standard InChI is InChI=1S/C18H23Cl2NO3/c1-17(2,3)24-16(23)21-9-13-12(6-7-22)18(13,10-21)11-4-5-14(19)15(20)8-11/h4-5,8,12-13,22H,6-7,9-10H2,1-3H3/t12-,13-,18+/m1/s1. The van der Waals surface area contributed by atoms with Crippen molar-refractivity contribution in [2.24, 2.45) is 11.8 Å². The summed E-state index contributed by atoms with van der Waals surface area (Å²) in [6, 6.07) is 5.68. The van der Waals surface area contributed by atoms with Crippen LogP contribution in [0.2, 0.25) is 10.0 Å². The minimum atomic E-state index is -0.509. The second-order valence-corrected chi connectivity index (χ2v) is 8.57. The fraction of sp³-hybridized carbons (Fsp3) is 0.611. The predicted octanol–water partition coefficient (Wildman–Crippen LogP) is 4.11. The summed E-state index contributed by atoms with van der Waals surface area (Å²) >= 11 is 12.2. The lowest BCUT2D eigenvalue weighted by atomic mass is 9.92. The van der Waals surface area contributed by atoms with Gasteiger partial charge in [0.25, 0.3) is 0 Å². The van der Waals surface area contributed by atoms with E-state index in [9.17, 15) is 9.90 Å². The zero-order valence-electron chi connectivity index (χ0n) is 14.2. The van der Waals surface area contributed by atoms with Gasteiger partial charge < -0.3 is 14.7 Å². The molecule has 2 fully saturated rings. The molecule has 1 aromatic rings. The van der Waals surface area contributed by atoms with Gasteiger partial charge in [0.1, 0.15) is 5.60 Å². The van der Waals surface area contributed by atoms with Gasteiger partial charge in [-0.1, -0.05) is 29.3 Å². The molecular formula is C18H23Cl2NO3. The first-order valence-electron chi connectivity index (χ1n) is 8.23. The van der Waals surface area contributed by atoms with Crippen LogP contribution in [0.4, 0.5) is 4.79 Å². The molecule has 1 aliphatic carbocycles. The molecule has 1 N–H and O–H groups in total. The molecule has 1 aliphatic heterocycles. The van der Waals surface area contributed by atoms with Crippen LogP contribution in [0.5, 0.6) is 0 Å². The molecule has 0 aromatic heterocycles. The quantitative estimate of drug-likeness (QED) is 0.869. The van der Waals surface area contributed by atoms with Crippen molar-refractivity contribution in [3.05, 3.63) is 33.8 Å². The zero-order chi connectivity index (χ0) is 17.7. The molecule has 1 saturated heterocycles. The van der Waals surface area contributed by atoms with Crippen LogP contribution < -0.4 is 0 Å². The molecule has 1 saturated carbocycles. The van der Waals surface area contributed by atoms with E-state index < -0.39 is 5.60 Å². The Labute approximate surface area is 152 Å². The summed E-state index contributed by atoms with van der Waals surface area (Å²) in [5.41, 5.74) is 0.435. The molecule has 0 bridgehead atoms. The summed E-state index contributed by atoms with van der Waals surface area (Å²) in [4.78, 5) is 14.2. The van der Waals surface area contributed by atoms with Gasteiger partial charge in [0.15, 0.2) is 0 Å². The highest BCUT2D eigenvalue weighted by molar-refractivity contribution is 6.42. The number of benzene rings is 1. The van der Waals surface area contributed by atoms with Crippen molar-refractivity contribution < 1.29 is 14.6 Å². The Bertz CT molecular complexity index is 658. The smallest absolute Gasteiger partial charge is 0.410 e. The first-order chi connectivity index (χ1) is 11.2. The Morgan fingerprint density at radius 2 is 2.08 bits per heavy atom. The van der Waals surface area contributed by atoms with Crippen molar-refractivity contribution in [1.82, 2.24) is 4.90 Å². The second-order valence-electron chi connectivity index (χ2n) is 7.76. The molecule has 1 amide bonds. The van der Waals surface area contributed by atoms with Crippen LogP contribution in [0, 0.1) is 11.8 Å². The van der Waals surface area contributed by atoms with E-state index in [1.54, 1.807) is 11.0 Å². The van der Waals surface area contributed by atoms with E-state index >= 15 is 0 Å². The third-order valence-corrected chi connectivity index (χ3v) is 5.86. The van der Waals surface area contributed by atoms with E-state index in [-0.39, 0.29) is 18.1 Å². The monoisotopic (exact) mass is 371 g/mol. The summed E-state index contributed by atoms with van der Waals surface area (Å²) in [6.07, 6.45) is 0.449. The minimum absolute atomic E-state index is 0.145. The van der Waals surface area contributed by atoms with Crippen molar-refractivity contribution in [1.29, 1.82) is 0 Å². The van der Waals surface area contributed by atoms with Crippen LogP contribution >= 0.6 is 23.2 Å². The van der Waals surface area contributed by atoms with Crippen LogP contribution in [0.1, 0.15) is 32.8 Å². The lowest BCUT2D eigenvalue weighted by Gasteiger charge is -2.28. The molecule has 0 unspecified atom stereocenters. The Kier molecular flexibility index (Phi) is 4.52. The van der Waals surface area contributed by atoms with Crippen LogP contribution in [0.25, 0.3) is 0 Å². The Morgan fingerprint density at radius 1 is 1.38 bits per heavy atom. The number of ether oxygens (including phenoxy) is 1. The number of aliphatic hydroxyl groups excluding tert-OH is 1. The van der Waals surface area contributed by atoms with Gasteiger partial charge in [-0.05, 0) is 56.7 Å². The zero-order valence-corrected chi connectivity index (χ0v) is 15.7. The van der Waals surface area contributed by atoms with E-state index in [1.165, 1.54) is 0 Å². The fourth-order valence-corrected chi connectivity index (χ4v) is 4.41. The van der Waals surface area contributed by atoms with E-state index in [1.807, 2.05) is 32.9 Å².